The maximum absolute atomic E-state index is 13.2. The van der Waals surface area contributed by atoms with Crippen LogP contribution < -0.4 is 20.5 Å². The molecule has 4 N–H and O–H groups in total. The molecule has 59 heavy (non-hydrogen) atoms. The minimum absolute atomic E-state index is 0. The van der Waals surface area contributed by atoms with Crippen LogP contribution >= 0.6 is 27.0 Å². The van der Waals surface area contributed by atoms with Gasteiger partial charge in [-0.3, -0.25) is 4.79 Å². The van der Waals surface area contributed by atoms with E-state index in [4.69, 9.17) is 25.6 Å². The second-order valence-corrected chi connectivity index (χ2v) is 14.3. The van der Waals surface area contributed by atoms with Crippen molar-refractivity contribution >= 4 is 50.2 Å². The number of aromatic nitrogens is 6. The third-order valence-corrected chi connectivity index (χ3v) is 9.83. The van der Waals surface area contributed by atoms with Crippen LogP contribution in [0.25, 0.3) is 11.3 Å². The lowest BCUT2D eigenvalue weighted by atomic mass is 9.97. The highest BCUT2D eigenvalue weighted by Crippen LogP contribution is 2.33. The quantitative estimate of drug-likeness (QED) is 0.165. The fraction of sp³-hybridized carbons (Fsp3) is 0.333. The number of imidazole rings is 2. The van der Waals surface area contributed by atoms with Crippen LogP contribution in [0.2, 0.25) is 0 Å². The normalized spacial score (nSPS) is 14.9. The first-order valence-electron chi connectivity index (χ1n) is 18.7. The molecule has 0 unspecified atom stereocenters. The van der Waals surface area contributed by atoms with Crippen molar-refractivity contribution in [1.82, 2.24) is 34.5 Å². The number of carbonyl (C=O) groups excluding carboxylic acids is 1. The first kappa shape index (κ1) is 45.6. The van der Waals surface area contributed by atoms with E-state index in [0.29, 0.717) is 58.2 Å². The molecule has 0 fully saturated rings. The van der Waals surface area contributed by atoms with Crippen molar-refractivity contribution < 1.29 is 24.2 Å². The Bertz CT molecular complexity index is 2570. The van der Waals surface area contributed by atoms with E-state index in [0.717, 1.165) is 41.2 Å². The summed E-state index contributed by atoms with van der Waals surface area (Å²) in [4.78, 5) is 33.1. The van der Waals surface area contributed by atoms with Crippen molar-refractivity contribution in [2.75, 3.05) is 13.2 Å². The number of rotatable bonds is 5. The number of nitrogens with zero attached hydrogens (tertiary/aromatic N) is 8. The van der Waals surface area contributed by atoms with Gasteiger partial charge in [-0.05, 0) is 37.8 Å². The van der Waals surface area contributed by atoms with E-state index in [2.05, 4.69) is 31.6 Å². The molecule has 2 aromatic carbocycles. The van der Waals surface area contributed by atoms with Gasteiger partial charge in [0.05, 0.1) is 54.2 Å². The minimum atomic E-state index is -1.03. The summed E-state index contributed by atoms with van der Waals surface area (Å²) in [6.45, 7) is 12.6. The monoisotopic (exact) mass is 836 g/mol. The topological polar surface area (TPSA) is 219 Å². The Morgan fingerprint density at radius 1 is 0.780 bits per heavy atom. The number of carboxylic acids is 1. The Kier molecular flexibility index (Phi) is 15.1. The number of nitriles is 2. The van der Waals surface area contributed by atoms with Gasteiger partial charge >= 0.3 is 5.97 Å². The Balaban J connectivity index is 0.000000212. The summed E-state index contributed by atoms with van der Waals surface area (Å²) in [6.07, 6.45) is 4.44. The summed E-state index contributed by atoms with van der Waals surface area (Å²) >= 11 is 0. The molecule has 15 nitrogen and oxygen atoms in total. The third kappa shape index (κ3) is 9.28. The molecule has 0 radical (unpaired) electrons. The van der Waals surface area contributed by atoms with Crippen molar-refractivity contribution in [3.63, 3.8) is 0 Å². The standard InChI is InChI=1S/C21H21N5O2.C12H12N4O2.C9H11NO.2H2S/c1-12(2)19-15(11-23-26-17(10-22)13(3)24-20(19)26)21(27)25-16-8-9-28-18-7-5-4-6-14(16)18;1-6(2)10-8(12(17)18)5-14-16-9(4-13)7(3)15-11(10)16;10-8-5-6-11-9-4-2-1-3-7(8)9;;/h4-7,11-12,16H,8-9H2,1-3H3,(H,25,27);5-6H,1-3H3,(H,17,18);1-4,8H,5-6,10H2;2*1H2/t16-;;8-;;/m0.0../s1. The van der Waals surface area contributed by atoms with Gasteiger partial charge in [-0.2, -0.15) is 47.7 Å². The number of para-hydroxylation sites is 2. The van der Waals surface area contributed by atoms with Crippen LogP contribution in [0.5, 0.6) is 11.5 Å². The molecule has 2 aliphatic heterocycles. The summed E-state index contributed by atoms with van der Waals surface area (Å²) in [7, 11) is 0. The van der Waals surface area contributed by atoms with Gasteiger partial charge in [0, 0.05) is 41.1 Å². The van der Waals surface area contributed by atoms with Crippen LogP contribution in [0.1, 0.15) is 130 Å². The first-order chi connectivity index (χ1) is 27.4. The predicted molar refractivity (Wildman–Crippen MR) is 231 cm³/mol. The zero-order valence-corrected chi connectivity index (χ0v) is 35.6. The van der Waals surface area contributed by atoms with E-state index in [9.17, 15) is 14.9 Å². The van der Waals surface area contributed by atoms with Crippen LogP contribution in [0.4, 0.5) is 0 Å². The van der Waals surface area contributed by atoms with Gasteiger partial charge < -0.3 is 25.6 Å². The third-order valence-electron chi connectivity index (χ3n) is 9.83. The number of nitrogens with two attached hydrogens (primary N) is 1. The number of carbonyl (C=O) groups is 2. The highest BCUT2D eigenvalue weighted by Gasteiger charge is 2.27. The molecular weight excluding hydrogens is 789 g/mol. The van der Waals surface area contributed by atoms with E-state index < -0.39 is 5.97 Å². The van der Waals surface area contributed by atoms with Gasteiger partial charge in [-0.1, -0.05) is 64.1 Å². The van der Waals surface area contributed by atoms with E-state index in [1.165, 1.54) is 21.4 Å². The Morgan fingerprint density at radius 2 is 1.24 bits per heavy atom. The second-order valence-electron chi connectivity index (χ2n) is 14.3. The number of ether oxygens (including phenoxy) is 2. The van der Waals surface area contributed by atoms with Crippen molar-refractivity contribution in [2.24, 2.45) is 5.73 Å². The van der Waals surface area contributed by atoms with Crippen LogP contribution in [0, 0.1) is 36.5 Å². The van der Waals surface area contributed by atoms with E-state index in [1.54, 1.807) is 13.8 Å². The van der Waals surface area contributed by atoms with Crippen molar-refractivity contribution in [2.45, 2.75) is 78.3 Å². The zero-order chi connectivity index (χ0) is 41.0. The van der Waals surface area contributed by atoms with Gasteiger partial charge in [0.2, 0.25) is 0 Å². The molecule has 1 amide bonds. The van der Waals surface area contributed by atoms with Gasteiger partial charge in [0.15, 0.2) is 22.7 Å². The van der Waals surface area contributed by atoms with E-state index in [-0.39, 0.29) is 62.4 Å². The van der Waals surface area contributed by atoms with Crippen LogP contribution in [0.3, 0.4) is 0 Å². The van der Waals surface area contributed by atoms with Crippen molar-refractivity contribution in [3.8, 4) is 23.6 Å². The molecule has 0 aliphatic carbocycles. The molecule has 6 aromatic rings. The summed E-state index contributed by atoms with van der Waals surface area (Å²) in [6, 6.07) is 19.9. The summed E-state index contributed by atoms with van der Waals surface area (Å²) in [5.41, 5.74) is 12.9. The number of fused-ring (bicyclic) bond motifs is 4. The SMILES string of the molecule is Cc1nc2c(C(C)C)c(C(=O)N[C@H]3CCOc4ccccc43)cnn2c1C#N.Cc1nc2c(C(C)C)c(C(=O)O)cnn2c1C#N.N[C@H]1CCOc2ccccc21.S.S. The number of benzene rings is 2. The summed E-state index contributed by atoms with van der Waals surface area (Å²) in [5.74, 6) is 0.550. The molecule has 0 spiro atoms. The molecule has 2 atom stereocenters. The Labute approximate surface area is 356 Å². The van der Waals surface area contributed by atoms with Crippen molar-refractivity contribution in [3.05, 3.63) is 117 Å². The zero-order valence-electron chi connectivity index (χ0n) is 33.6. The van der Waals surface area contributed by atoms with E-state index in [1.807, 2.05) is 82.3 Å². The van der Waals surface area contributed by atoms with Crippen LogP contribution in [0.15, 0.2) is 60.9 Å². The summed E-state index contributed by atoms with van der Waals surface area (Å²) in [5, 5.41) is 39.0. The van der Waals surface area contributed by atoms with Crippen LogP contribution in [-0.2, 0) is 0 Å². The van der Waals surface area contributed by atoms with Gasteiger partial charge in [-0.25, -0.2) is 23.8 Å². The smallest absolute Gasteiger partial charge is 0.337 e. The molecule has 2 aliphatic rings. The van der Waals surface area contributed by atoms with Gasteiger partial charge in [0.1, 0.15) is 23.6 Å². The molecule has 0 bridgehead atoms. The number of hydrogen-bond acceptors (Lipinski definition) is 11. The number of amides is 1. The number of nitrogens with one attached hydrogen (secondary N) is 1. The highest BCUT2D eigenvalue weighted by molar-refractivity contribution is 7.59. The molecule has 8 rings (SSSR count). The number of aryl methyl sites for hydroxylation is 2. The average molecular weight is 837 g/mol. The minimum Gasteiger partial charge on any atom is -0.493 e. The Hall–Kier alpha value is -6.14. The maximum atomic E-state index is 13.2. The lowest BCUT2D eigenvalue weighted by Gasteiger charge is -2.27. The van der Waals surface area contributed by atoms with Crippen molar-refractivity contribution in [1.29, 1.82) is 10.5 Å². The van der Waals surface area contributed by atoms with E-state index >= 15 is 0 Å². The number of aromatic carboxylic acids is 1. The largest absolute Gasteiger partial charge is 0.493 e. The van der Waals surface area contributed by atoms with Gasteiger partial charge in [0.25, 0.3) is 5.91 Å². The molecule has 6 heterocycles. The lowest BCUT2D eigenvalue weighted by molar-refractivity contribution is 0.0694. The average Bonchev–Trinajstić information content (AvgIpc) is 3.71. The van der Waals surface area contributed by atoms with Crippen LogP contribution in [-0.4, -0.2) is 59.4 Å². The molecule has 17 heteroatoms. The first-order valence-corrected chi connectivity index (χ1v) is 18.7. The molecule has 4 aromatic heterocycles. The summed E-state index contributed by atoms with van der Waals surface area (Å²) < 4.78 is 14.0. The number of hydrogen-bond donors (Lipinski definition) is 3. The second kappa shape index (κ2) is 19.5. The number of carboxylic acid groups (broad SMARTS) is 1. The molecular formula is C42H48N10O5S2. The maximum Gasteiger partial charge on any atom is 0.337 e. The fourth-order valence-corrected chi connectivity index (χ4v) is 7.07. The highest BCUT2D eigenvalue weighted by atomic mass is 32.1. The predicted octanol–water partition coefficient (Wildman–Crippen LogP) is 6.71. The van der Waals surface area contributed by atoms with Gasteiger partial charge in [-0.15, -0.1) is 0 Å². The Morgan fingerprint density at radius 3 is 1.73 bits per heavy atom. The molecule has 0 saturated carbocycles. The fourth-order valence-electron chi connectivity index (χ4n) is 7.07. The molecule has 308 valence electrons. The molecule has 0 saturated heterocycles. The lowest BCUT2D eigenvalue weighted by Crippen LogP contribution is -2.33.